The Morgan fingerprint density at radius 2 is 1.75 bits per heavy atom. The third-order valence-corrected chi connectivity index (χ3v) is 8.80. The summed E-state index contributed by atoms with van der Waals surface area (Å²) in [7, 11) is 4.34. The molecule has 2 aromatic rings. The highest BCUT2D eigenvalue weighted by atomic mass is 16.2. The summed E-state index contributed by atoms with van der Waals surface area (Å²) in [4.78, 5) is 41.0. The lowest BCUT2D eigenvalue weighted by atomic mass is 9.68. The van der Waals surface area contributed by atoms with E-state index >= 15 is 0 Å². The zero-order chi connectivity index (χ0) is 25.2. The summed E-state index contributed by atoms with van der Waals surface area (Å²) in [6, 6.07) is 12.5. The van der Waals surface area contributed by atoms with Gasteiger partial charge in [0.15, 0.2) is 0 Å². The maximum Gasteiger partial charge on any atom is 0.321 e. The highest BCUT2D eigenvalue weighted by Crippen LogP contribution is 2.49. The van der Waals surface area contributed by atoms with Gasteiger partial charge in [-0.15, -0.1) is 0 Å². The van der Waals surface area contributed by atoms with Gasteiger partial charge in [-0.1, -0.05) is 36.8 Å². The fraction of sp³-hybridized carbons (Fsp3) is 0.571. The quantitative estimate of drug-likeness (QED) is 0.613. The average molecular weight is 491 g/mol. The molecule has 3 amide bonds. The number of hydrogen-bond donors (Lipinski definition) is 1. The summed E-state index contributed by atoms with van der Waals surface area (Å²) in [5.41, 5.74) is 1.11. The molecule has 1 aliphatic heterocycles. The van der Waals surface area contributed by atoms with Crippen LogP contribution in [0.25, 0.3) is 0 Å². The Bertz CT molecular complexity index is 1050. The lowest BCUT2D eigenvalue weighted by molar-refractivity contribution is -0.121. The first-order chi connectivity index (χ1) is 17.4. The van der Waals surface area contributed by atoms with Gasteiger partial charge in [-0.2, -0.15) is 0 Å². The Balaban J connectivity index is 1.30. The molecule has 36 heavy (non-hydrogen) atoms. The molecule has 2 aliphatic carbocycles. The first kappa shape index (κ1) is 24.7. The predicted octanol–water partition coefficient (Wildman–Crippen LogP) is 3.40. The van der Waals surface area contributed by atoms with Crippen molar-refractivity contribution in [2.75, 3.05) is 33.7 Å². The molecule has 1 aromatic heterocycles. The van der Waals surface area contributed by atoms with Gasteiger partial charge in [0, 0.05) is 31.0 Å². The molecule has 3 aliphatic rings. The van der Waals surface area contributed by atoms with Gasteiger partial charge in [0.1, 0.15) is 12.4 Å². The molecule has 1 spiro atoms. The molecule has 1 saturated heterocycles. The number of carbonyl (C=O) groups is 2. The molecule has 3 fully saturated rings. The van der Waals surface area contributed by atoms with E-state index in [1.165, 1.54) is 24.8 Å². The zero-order valence-electron chi connectivity index (χ0n) is 21.5. The third-order valence-electron chi connectivity index (χ3n) is 8.80. The highest BCUT2D eigenvalue weighted by molar-refractivity contribution is 5.86. The molecule has 0 atom stereocenters. The molecular weight excluding hydrogens is 452 g/mol. The molecule has 8 nitrogen and oxygen atoms in total. The summed E-state index contributed by atoms with van der Waals surface area (Å²) in [6.07, 6.45) is 10.8. The van der Waals surface area contributed by atoms with Crippen LogP contribution in [-0.4, -0.2) is 75.9 Å². The maximum absolute atomic E-state index is 13.7. The SMILES string of the molecule is CN(C)[C@]1(c2ccccc2)CC[C@]2(CC1)CN(CC(=O)NCc1ncccn1)C(=O)N2CC1CCC1. The summed E-state index contributed by atoms with van der Waals surface area (Å²) in [5, 5.41) is 2.88. The monoisotopic (exact) mass is 490 g/mol. The second kappa shape index (κ2) is 10.2. The van der Waals surface area contributed by atoms with E-state index in [2.05, 4.69) is 69.5 Å². The van der Waals surface area contributed by atoms with E-state index < -0.39 is 0 Å². The van der Waals surface area contributed by atoms with Crippen LogP contribution in [0, 0.1) is 5.92 Å². The molecule has 0 unspecified atom stereocenters. The summed E-state index contributed by atoms with van der Waals surface area (Å²) in [6.45, 7) is 1.77. The van der Waals surface area contributed by atoms with E-state index in [0.717, 1.165) is 32.2 Å². The van der Waals surface area contributed by atoms with Crippen molar-refractivity contribution >= 4 is 11.9 Å². The molecule has 0 radical (unpaired) electrons. The van der Waals surface area contributed by atoms with Crippen LogP contribution in [0.1, 0.15) is 56.3 Å². The van der Waals surface area contributed by atoms with E-state index in [1.807, 2.05) is 0 Å². The fourth-order valence-electron chi connectivity index (χ4n) is 6.34. The van der Waals surface area contributed by atoms with Crippen LogP contribution >= 0.6 is 0 Å². The Labute approximate surface area is 214 Å². The van der Waals surface area contributed by atoms with Gasteiger partial charge < -0.3 is 15.1 Å². The van der Waals surface area contributed by atoms with Gasteiger partial charge in [0.05, 0.1) is 12.1 Å². The lowest BCUT2D eigenvalue weighted by Gasteiger charge is -2.51. The lowest BCUT2D eigenvalue weighted by Crippen LogP contribution is -2.56. The first-order valence-electron chi connectivity index (χ1n) is 13.2. The van der Waals surface area contributed by atoms with Crippen molar-refractivity contribution < 1.29 is 9.59 Å². The van der Waals surface area contributed by atoms with Crippen LogP contribution in [0.4, 0.5) is 4.79 Å². The van der Waals surface area contributed by atoms with Gasteiger partial charge in [0.25, 0.3) is 0 Å². The molecular formula is C28H38N6O2. The van der Waals surface area contributed by atoms with Gasteiger partial charge in [-0.3, -0.25) is 9.69 Å². The van der Waals surface area contributed by atoms with Crippen LogP contribution in [0.5, 0.6) is 0 Å². The number of aromatic nitrogens is 2. The van der Waals surface area contributed by atoms with Gasteiger partial charge in [-0.05, 0) is 70.2 Å². The molecule has 8 heteroatoms. The molecule has 2 heterocycles. The minimum absolute atomic E-state index is 0.0186. The van der Waals surface area contributed by atoms with Gasteiger partial charge >= 0.3 is 6.03 Å². The number of amides is 3. The molecule has 5 rings (SSSR count). The maximum atomic E-state index is 13.7. The van der Waals surface area contributed by atoms with Crippen LogP contribution in [0.2, 0.25) is 0 Å². The van der Waals surface area contributed by atoms with Crippen LogP contribution in [-0.2, 0) is 16.9 Å². The first-order valence-corrected chi connectivity index (χ1v) is 13.2. The Morgan fingerprint density at radius 3 is 2.36 bits per heavy atom. The largest absolute Gasteiger partial charge is 0.347 e. The number of hydrogen-bond acceptors (Lipinski definition) is 5. The molecule has 0 bridgehead atoms. The third kappa shape index (κ3) is 4.71. The minimum Gasteiger partial charge on any atom is -0.347 e. The van der Waals surface area contributed by atoms with Crippen LogP contribution in [0.15, 0.2) is 48.8 Å². The molecule has 2 saturated carbocycles. The average Bonchev–Trinajstić information content (AvgIpc) is 3.11. The molecule has 192 valence electrons. The van der Waals surface area contributed by atoms with Gasteiger partial charge in [-0.25, -0.2) is 14.8 Å². The summed E-state index contributed by atoms with van der Waals surface area (Å²) < 4.78 is 0. The number of nitrogens with zero attached hydrogens (tertiary/aromatic N) is 5. The Morgan fingerprint density at radius 1 is 1.06 bits per heavy atom. The van der Waals surface area contributed by atoms with Crippen molar-refractivity contribution in [1.29, 1.82) is 0 Å². The molecule has 1 N–H and O–H groups in total. The highest BCUT2D eigenvalue weighted by Gasteiger charge is 2.55. The minimum atomic E-state index is -0.205. The summed E-state index contributed by atoms with van der Waals surface area (Å²) >= 11 is 0. The van der Waals surface area contributed by atoms with E-state index in [-0.39, 0.29) is 36.1 Å². The number of rotatable bonds is 8. The van der Waals surface area contributed by atoms with E-state index in [9.17, 15) is 9.59 Å². The van der Waals surface area contributed by atoms with Crippen molar-refractivity contribution in [3.63, 3.8) is 0 Å². The zero-order valence-corrected chi connectivity index (χ0v) is 21.5. The second-order valence-electron chi connectivity index (χ2n) is 11.0. The Kier molecular flexibility index (Phi) is 6.97. The van der Waals surface area contributed by atoms with E-state index in [0.29, 0.717) is 18.3 Å². The van der Waals surface area contributed by atoms with Crippen molar-refractivity contribution in [3.05, 3.63) is 60.2 Å². The molecule has 1 aromatic carbocycles. The Hall–Kier alpha value is -3.00. The van der Waals surface area contributed by atoms with Crippen LogP contribution in [0.3, 0.4) is 0 Å². The fourth-order valence-corrected chi connectivity index (χ4v) is 6.34. The summed E-state index contributed by atoms with van der Waals surface area (Å²) in [5.74, 6) is 0.985. The normalized spacial score (nSPS) is 26.5. The van der Waals surface area contributed by atoms with E-state index in [4.69, 9.17) is 0 Å². The van der Waals surface area contributed by atoms with Crippen molar-refractivity contribution in [2.24, 2.45) is 5.92 Å². The predicted molar refractivity (Wildman–Crippen MR) is 138 cm³/mol. The van der Waals surface area contributed by atoms with Crippen molar-refractivity contribution in [1.82, 2.24) is 30.0 Å². The smallest absolute Gasteiger partial charge is 0.321 e. The number of urea groups is 1. The second-order valence-corrected chi connectivity index (χ2v) is 11.0. The topological polar surface area (TPSA) is 81.7 Å². The van der Waals surface area contributed by atoms with Crippen molar-refractivity contribution in [3.8, 4) is 0 Å². The number of carbonyl (C=O) groups excluding carboxylic acids is 2. The van der Waals surface area contributed by atoms with E-state index in [1.54, 1.807) is 23.4 Å². The number of benzene rings is 1. The van der Waals surface area contributed by atoms with Gasteiger partial charge in [0.2, 0.25) is 5.91 Å². The standard InChI is InChI=1S/C28H38N6O2/c1-32(2)28(23-10-4-3-5-11-23)14-12-27(13-15-28)21-33(26(36)34(27)19-22-8-6-9-22)20-25(35)31-18-24-29-16-7-17-30-24/h3-5,7,10-11,16-17,22H,6,8-9,12-15,18-21H2,1-2H3,(H,31,35)/t27-,28+. The van der Waals surface area contributed by atoms with Crippen LogP contribution < -0.4 is 5.32 Å². The van der Waals surface area contributed by atoms with Crippen molar-refractivity contribution in [2.45, 2.75) is 62.6 Å². The number of nitrogens with one attached hydrogen (secondary N) is 1.